The van der Waals surface area contributed by atoms with E-state index in [2.05, 4.69) is 13.2 Å². The van der Waals surface area contributed by atoms with E-state index in [1.54, 1.807) is 0 Å². The van der Waals surface area contributed by atoms with Gasteiger partial charge < -0.3 is 5.73 Å². The third-order valence-corrected chi connectivity index (χ3v) is 2.26. The van der Waals surface area contributed by atoms with Crippen molar-refractivity contribution in [3.05, 3.63) is 24.6 Å². The minimum Gasteiger partial charge on any atom is -0.312 e. The first-order valence-corrected chi connectivity index (χ1v) is 3.90. The normalized spacial score (nSPS) is 14.3. The standard InChI is InChI=1S/C5H9NO2S/c1-3-5(6)9(7,8)4-2/h3-5H,1-2,6H2. The molecule has 0 bridgehead atoms. The first-order chi connectivity index (χ1) is 4.04. The number of hydrogen-bond acceptors (Lipinski definition) is 3. The second-order valence-corrected chi connectivity index (χ2v) is 3.51. The molecule has 0 spiro atoms. The second kappa shape index (κ2) is 2.80. The first-order valence-electron chi connectivity index (χ1n) is 2.29. The second-order valence-electron chi connectivity index (χ2n) is 1.46. The van der Waals surface area contributed by atoms with Crippen LogP contribution in [-0.4, -0.2) is 13.8 Å². The summed E-state index contributed by atoms with van der Waals surface area (Å²) in [7, 11) is -3.32. The van der Waals surface area contributed by atoms with Crippen LogP contribution in [0, 0.1) is 0 Å². The van der Waals surface area contributed by atoms with Gasteiger partial charge in [-0.3, -0.25) is 0 Å². The molecule has 2 N–H and O–H groups in total. The summed E-state index contributed by atoms with van der Waals surface area (Å²) in [4.78, 5) is 0. The zero-order valence-electron chi connectivity index (χ0n) is 4.95. The number of sulfone groups is 1. The van der Waals surface area contributed by atoms with E-state index < -0.39 is 15.2 Å². The van der Waals surface area contributed by atoms with Gasteiger partial charge in [-0.15, -0.1) is 6.58 Å². The zero-order chi connectivity index (χ0) is 7.49. The van der Waals surface area contributed by atoms with Gasteiger partial charge in [0.25, 0.3) is 0 Å². The predicted octanol–water partition coefficient (Wildman–Crippen LogP) is 0.0155. The van der Waals surface area contributed by atoms with Crippen LogP contribution in [0.25, 0.3) is 0 Å². The van der Waals surface area contributed by atoms with E-state index in [1.807, 2.05) is 0 Å². The molecule has 0 aliphatic carbocycles. The van der Waals surface area contributed by atoms with Crippen molar-refractivity contribution < 1.29 is 8.42 Å². The van der Waals surface area contributed by atoms with Crippen molar-refractivity contribution >= 4 is 9.84 Å². The van der Waals surface area contributed by atoms with E-state index in [1.165, 1.54) is 0 Å². The molecule has 0 rings (SSSR count). The zero-order valence-corrected chi connectivity index (χ0v) is 5.76. The van der Waals surface area contributed by atoms with Crippen LogP contribution in [0.1, 0.15) is 0 Å². The molecule has 0 saturated heterocycles. The summed E-state index contributed by atoms with van der Waals surface area (Å²) < 4.78 is 21.2. The molecule has 52 valence electrons. The molecule has 0 aromatic carbocycles. The molecular weight excluding hydrogens is 138 g/mol. The van der Waals surface area contributed by atoms with Crippen molar-refractivity contribution in [2.45, 2.75) is 5.37 Å². The maximum absolute atomic E-state index is 10.6. The maximum atomic E-state index is 10.6. The summed E-state index contributed by atoms with van der Waals surface area (Å²) in [6.45, 7) is 6.31. The lowest BCUT2D eigenvalue weighted by molar-refractivity contribution is 0.598. The van der Waals surface area contributed by atoms with Gasteiger partial charge in [0.1, 0.15) is 5.37 Å². The summed E-state index contributed by atoms with van der Waals surface area (Å²) in [6.07, 6.45) is 1.15. The SMILES string of the molecule is C=CC(N)S(=O)(=O)C=C. The van der Waals surface area contributed by atoms with Crippen molar-refractivity contribution in [2.75, 3.05) is 0 Å². The lowest BCUT2D eigenvalue weighted by Gasteiger charge is -2.00. The number of rotatable bonds is 3. The van der Waals surface area contributed by atoms with Crippen LogP contribution in [0.15, 0.2) is 24.6 Å². The Balaban J connectivity index is 4.54. The molecule has 4 heteroatoms. The van der Waals surface area contributed by atoms with Gasteiger partial charge in [0.05, 0.1) is 0 Å². The quantitative estimate of drug-likeness (QED) is 0.572. The number of nitrogens with two attached hydrogens (primary N) is 1. The molecular formula is C5H9NO2S. The molecule has 0 saturated carbocycles. The third-order valence-electron chi connectivity index (χ3n) is 0.844. The van der Waals surface area contributed by atoms with Crippen molar-refractivity contribution in [3.63, 3.8) is 0 Å². The van der Waals surface area contributed by atoms with Gasteiger partial charge in [-0.1, -0.05) is 12.7 Å². The fourth-order valence-electron chi connectivity index (χ4n) is 0.245. The van der Waals surface area contributed by atoms with Gasteiger partial charge >= 0.3 is 0 Å². The summed E-state index contributed by atoms with van der Waals surface area (Å²) in [5.74, 6) is 0. The highest BCUT2D eigenvalue weighted by molar-refractivity contribution is 7.94. The highest BCUT2D eigenvalue weighted by Gasteiger charge is 2.11. The topological polar surface area (TPSA) is 60.2 Å². The highest BCUT2D eigenvalue weighted by atomic mass is 32.2. The molecule has 0 amide bonds. The smallest absolute Gasteiger partial charge is 0.190 e. The first kappa shape index (κ1) is 8.39. The van der Waals surface area contributed by atoms with Gasteiger partial charge in [0.2, 0.25) is 0 Å². The Kier molecular flexibility index (Phi) is 2.61. The predicted molar refractivity (Wildman–Crippen MR) is 37.3 cm³/mol. The molecule has 3 nitrogen and oxygen atoms in total. The van der Waals surface area contributed by atoms with Crippen molar-refractivity contribution in [2.24, 2.45) is 5.73 Å². The number of hydrogen-bond donors (Lipinski definition) is 1. The molecule has 0 aromatic rings. The van der Waals surface area contributed by atoms with E-state index in [9.17, 15) is 8.42 Å². The summed E-state index contributed by atoms with van der Waals surface area (Å²) >= 11 is 0. The summed E-state index contributed by atoms with van der Waals surface area (Å²) in [6, 6.07) is 0. The van der Waals surface area contributed by atoms with Crippen LogP contribution in [0.2, 0.25) is 0 Å². The Labute approximate surface area is 54.8 Å². The maximum Gasteiger partial charge on any atom is 0.190 e. The van der Waals surface area contributed by atoms with Crippen molar-refractivity contribution in [3.8, 4) is 0 Å². The van der Waals surface area contributed by atoms with Crippen molar-refractivity contribution in [1.82, 2.24) is 0 Å². The lowest BCUT2D eigenvalue weighted by Crippen LogP contribution is -2.25. The minimum absolute atomic E-state index is 0.819. The van der Waals surface area contributed by atoms with Gasteiger partial charge in [-0.2, -0.15) is 0 Å². The third kappa shape index (κ3) is 1.99. The largest absolute Gasteiger partial charge is 0.312 e. The molecule has 1 atom stereocenters. The molecule has 0 radical (unpaired) electrons. The van der Waals surface area contributed by atoms with E-state index in [-0.39, 0.29) is 0 Å². The van der Waals surface area contributed by atoms with Crippen molar-refractivity contribution in [1.29, 1.82) is 0 Å². The Morgan fingerprint density at radius 3 is 2.00 bits per heavy atom. The molecule has 0 fully saturated rings. The van der Waals surface area contributed by atoms with Crippen LogP contribution in [0.3, 0.4) is 0 Å². The summed E-state index contributed by atoms with van der Waals surface area (Å²) in [5.41, 5.74) is 5.08. The van der Waals surface area contributed by atoms with Crippen LogP contribution in [0.5, 0.6) is 0 Å². The Hall–Kier alpha value is -0.610. The van der Waals surface area contributed by atoms with E-state index >= 15 is 0 Å². The molecule has 9 heavy (non-hydrogen) atoms. The molecule has 0 heterocycles. The fraction of sp³-hybridized carbons (Fsp3) is 0.200. The van der Waals surface area contributed by atoms with Crippen LogP contribution in [-0.2, 0) is 9.84 Å². The average molecular weight is 147 g/mol. The van der Waals surface area contributed by atoms with Crippen LogP contribution in [0.4, 0.5) is 0 Å². The van der Waals surface area contributed by atoms with Gasteiger partial charge in [-0.05, 0) is 0 Å². The van der Waals surface area contributed by atoms with E-state index in [0.717, 1.165) is 11.5 Å². The Morgan fingerprint density at radius 2 is 1.89 bits per heavy atom. The van der Waals surface area contributed by atoms with E-state index in [4.69, 9.17) is 5.73 Å². The Morgan fingerprint density at radius 1 is 1.44 bits per heavy atom. The minimum atomic E-state index is -3.32. The average Bonchev–Trinajstić information content (AvgIpc) is 1.86. The molecule has 0 aliphatic heterocycles. The summed E-state index contributed by atoms with van der Waals surface area (Å²) in [5, 5.41) is -0.200. The van der Waals surface area contributed by atoms with Crippen LogP contribution < -0.4 is 5.73 Å². The molecule has 0 aliphatic rings. The van der Waals surface area contributed by atoms with Crippen LogP contribution >= 0.6 is 0 Å². The monoisotopic (exact) mass is 147 g/mol. The fourth-order valence-corrected chi connectivity index (χ4v) is 0.736. The lowest BCUT2D eigenvalue weighted by atomic mass is 10.7. The molecule has 1 unspecified atom stereocenters. The highest BCUT2D eigenvalue weighted by Crippen LogP contribution is 1.96. The Bertz CT molecular complexity index is 205. The van der Waals surface area contributed by atoms with Gasteiger partial charge in [0, 0.05) is 5.41 Å². The molecule has 0 aromatic heterocycles. The van der Waals surface area contributed by atoms with Gasteiger partial charge in [0.15, 0.2) is 9.84 Å². The van der Waals surface area contributed by atoms with Gasteiger partial charge in [-0.25, -0.2) is 8.42 Å². The van der Waals surface area contributed by atoms with E-state index in [0.29, 0.717) is 0 Å².